The van der Waals surface area contributed by atoms with Gasteiger partial charge < -0.3 is 36.1 Å². The van der Waals surface area contributed by atoms with Crippen molar-refractivity contribution in [1.82, 2.24) is 10.6 Å². The van der Waals surface area contributed by atoms with Crippen molar-refractivity contribution in [3.8, 4) is 6.07 Å². The first kappa shape index (κ1) is 29.6. The topological polar surface area (TPSA) is 218 Å². The summed E-state index contributed by atoms with van der Waals surface area (Å²) in [6, 6.07) is -0.875. The number of primary amides is 1. The predicted molar refractivity (Wildman–Crippen MR) is 106 cm³/mol. The largest absolute Gasteiger partial charge is 0.480 e. The number of carboxylic acid groups (broad SMARTS) is 2. The number of hydrogen-bond donors (Lipinski definition) is 5. The third-order valence-corrected chi connectivity index (χ3v) is 3.34. The van der Waals surface area contributed by atoms with E-state index < -0.39 is 48.5 Å². The lowest BCUT2D eigenvalue weighted by Crippen LogP contribution is -2.43. The van der Waals surface area contributed by atoms with Crippen molar-refractivity contribution in [3.05, 3.63) is 0 Å². The van der Waals surface area contributed by atoms with Crippen LogP contribution in [0.4, 0.5) is 9.59 Å². The zero-order valence-corrected chi connectivity index (χ0v) is 17.6. The third kappa shape index (κ3) is 18.2. The molecule has 2 atom stereocenters. The molecule has 0 heterocycles. The molecule has 0 spiro atoms. The van der Waals surface area contributed by atoms with Crippen molar-refractivity contribution in [2.24, 2.45) is 5.73 Å². The van der Waals surface area contributed by atoms with Crippen LogP contribution in [-0.2, 0) is 23.9 Å². The van der Waals surface area contributed by atoms with E-state index in [2.05, 4.69) is 14.8 Å². The van der Waals surface area contributed by atoms with E-state index in [1.165, 1.54) is 0 Å². The molecule has 0 aromatic heterocycles. The van der Waals surface area contributed by atoms with Crippen molar-refractivity contribution in [2.75, 3.05) is 13.2 Å². The number of nitrogens with zero attached hydrogens (tertiary/aromatic N) is 1. The highest BCUT2D eigenvalue weighted by atomic mass is 16.6. The van der Waals surface area contributed by atoms with E-state index >= 15 is 0 Å². The maximum Gasteiger partial charge on any atom is 0.407 e. The van der Waals surface area contributed by atoms with Gasteiger partial charge in [-0.05, 0) is 12.8 Å². The average molecular weight is 446 g/mol. The number of nitriles is 1. The Labute approximate surface area is 179 Å². The van der Waals surface area contributed by atoms with Crippen LogP contribution in [0.25, 0.3) is 0 Å². The molecule has 31 heavy (non-hydrogen) atoms. The molecule has 0 bridgehead atoms. The van der Waals surface area contributed by atoms with Crippen LogP contribution in [-0.4, -0.2) is 65.5 Å². The van der Waals surface area contributed by atoms with Crippen LogP contribution in [0.2, 0.25) is 0 Å². The van der Waals surface area contributed by atoms with E-state index in [9.17, 15) is 24.0 Å². The highest BCUT2D eigenvalue weighted by molar-refractivity contribution is 5.86. The van der Waals surface area contributed by atoms with Crippen LogP contribution >= 0.6 is 0 Å². The summed E-state index contributed by atoms with van der Waals surface area (Å²) >= 11 is 0. The summed E-state index contributed by atoms with van der Waals surface area (Å²) in [6.45, 7) is 4.33. The first-order valence-corrected chi connectivity index (χ1v) is 9.56. The summed E-state index contributed by atoms with van der Waals surface area (Å²) in [5.74, 6) is -3.38. The molecule has 0 saturated carbocycles. The predicted octanol–water partition coefficient (Wildman–Crippen LogP) is 0.721. The minimum absolute atomic E-state index is 0.214. The van der Waals surface area contributed by atoms with Crippen LogP contribution in [0.1, 0.15) is 52.4 Å². The number of carbonyl (C=O) groups is 5. The zero-order valence-electron chi connectivity index (χ0n) is 17.6. The fraction of sp³-hybridized carbons (Fsp3) is 0.667. The highest BCUT2D eigenvalue weighted by Crippen LogP contribution is 1.95. The molecule has 0 fully saturated rings. The van der Waals surface area contributed by atoms with Crippen molar-refractivity contribution < 1.29 is 43.7 Å². The Morgan fingerprint density at radius 2 is 1.32 bits per heavy atom. The summed E-state index contributed by atoms with van der Waals surface area (Å²) in [4.78, 5) is 53.7. The second-order valence-corrected chi connectivity index (χ2v) is 6.08. The molecule has 0 aliphatic heterocycles. The van der Waals surface area contributed by atoms with Gasteiger partial charge in [0.1, 0.15) is 12.1 Å². The molecule has 6 N–H and O–H groups in total. The van der Waals surface area contributed by atoms with E-state index in [-0.39, 0.29) is 19.6 Å². The van der Waals surface area contributed by atoms with Crippen molar-refractivity contribution in [3.63, 3.8) is 0 Å². The normalized spacial score (nSPS) is 11.4. The third-order valence-electron chi connectivity index (χ3n) is 3.34. The first-order chi connectivity index (χ1) is 14.6. The maximum absolute atomic E-state index is 11.1. The van der Waals surface area contributed by atoms with Crippen LogP contribution in [0, 0.1) is 11.3 Å². The van der Waals surface area contributed by atoms with Crippen LogP contribution < -0.4 is 16.4 Å². The van der Waals surface area contributed by atoms with Crippen LogP contribution in [0.15, 0.2) is 0 Å². The number of carboxylic acids is 2. The SMILES string of the molecule is CCCCOC(=O)N[C@H](CC#N)C(=O)O.CCCCOC(=O)N[C@H](CC(N)=O)C(=O)O. The molecular formula is C18H30N4O9. The van der Waals surface area contributed by atoms with Crippen molar-refractivity contribution >= 4 is 30.0 Å². The number of hydrogen-bond acceptors (Lipinski definition) is 8. The number of unbranched alkanes of at least 4 members (excludes halogenated alkanes) is 2. The standard InChI is InChI=1S/C9H16N2O5.C9H14N2O4/c1-2-3-4-16-9(15)11-6(8(13)14)5-7(10)12;1-2-3-6-15-9(14)11-7(4-5-10)8(12)13/h6H,2-5H2,1H3,(H2,10,12)(H,11,15)(H,13,14);7H,2-4,6H2,1H3,(H,11,14)(H,12,13)/t6-;7-/m11/s1. The highest BCUT2D eigenvalue weighted by Gasteiger charge is 2.22. The molecule has 13 nitrogen and oxygen atoms in total. The monoisotopic (exact) mass is 446 g/mol. The molecule has 0 radical (unpaired) electrons. The van der Waals surface area contributed by atoms with Crippen molar-refractivity contribution in [2.45, 2.75) is 64.5 Å². The Bertz CT molecular complexity index is 634. The molecule has 0 aliphatic rings. The molecule has 0 unspecified atom stereocenters. The van der Waals surface area contributed by atoms with E-state index in [1.54, 1.807) is 6.07 Å². The first-order valence-electron chi connectivity index (χ1n) is 9.56. The second-order valence-electron chi connectivity index (χ2n) is 6.08. The zero-order chi connectivity index (χ0) is 24.2. The molecule has 0 aromatic carbocycles. The quantitative estimate of drug-likeness (QED) is 0.249. The Morgan fingerprint density at radius 3 is 1.65 bits per heavy atom. The second kappa shape index (κ2) is 18.5. The Morgan fingerprint density at radius 1 is 0.903 bits per heavy atom. The summed E-state index contributed by atoms with van der Waals surface area (Å²) in [7, 11) is 0. The summed E-state index contributed by atoms with van der Waals surface area (Å²) in [5, 5.41) is 29.7. The average Bonchev–Trinajstić information content (AvgIpc) is 2.67. The van der Waals surface area contributed by atoms with Gasteiger partial charge in [-0.3, -0.25) is 4.79 Å². The van der Waals surface area contributed by atoms with Crippen LogP contribution in [0.5, 0.6) is 0 Å². The number of nitrogens with one attached hydrogen (secondary N) is 2. The lowest BCUT2D eigenvalue weighted by atomic mass is 10.2. The summed E-state index contributed by atoms with van der Waals surface area (Å²) in [5.41, 5.74) is 4.83. The fourth-order valence-electron chi connectivity index (χ4n) is 1.68. The number of ether oxygens (including phenoxy) is 2. The molecule has 0 rings (SSSR count). The number of nitrogens with two attached hydrogens (primary N) is 1. The molecule has 0 aliphatic carbocycles. The van der Waals surface area contributed by atoms with Gasteiger partial charge in [-0.2, -0.15) is 5.26 Å². The smallest absolute Gasteiger partial charge is 0.407 e. The van der Waals surface area contributed by atoms with Gasteiger partial charge in [0.25, 0.3) is 0 Å². The van der Waals surface area contributed by atoms with Gasteiger partial charge in [-0.1, -0.05) is 26.7 Å². The van der Waals surface area contributed by atoms with Gasteiger partial charge in [0.15, 0.2) is 0 Å². The van der Waals surface area contributed by atoms with E-state index in [0.29, 0.717) is 6.42 Å². The Balaban J connectivity index is 0. The van der Waals surface area contributed by atoms with Gasteiger partial charge in [0.2, 0.25) is 5.91 Å². The molecule has 0 saturated heterocycles. The Kier molecular flexibility index (Phi) is 17.7. The van der Waals surface area contributed by atoms with E-state index in [0.717, 1.165) is 19.3 Å². The lowest BCUT2D eigenvalue weighted by Gasteiger charge is -2.12. The van der Waals surface area contributed by atoms with Gasteiger partial charge in [-0.25, -0.2) is 19.2 Å². The van der Waals surface area contributed by atoms with Gasteiger partial charge in [-0.15, -0.1) is 0 Å². The van der Waals surface area contributed by atoms with E-state index in [4.69, 9.17) is 21.2 Å². The minimum atomic E-state index is -1.34. The van der Waals surface area contributed by atoms with Gasteiger partial charge >= 0.3 is 24.1 Å². The summed E-state index contributed by atoms with van der Waals surface area (Å²) in [6.07, 6.45) is 0.763. The van der Waals surface area contributed by atoms with Crippen LogP contribution in [0.3, 0.4) is 0 Å². The lowest BCUT2D eigenvalue weighted by molar-refractivity contribution is -0.141. The number of carbonyl (C=O) groups excluding carboxylic acids is 3. The molecular weight excluding hydrogens is 416 g/mol. The number of aliphatic carboxylic acids is 2. The van der Waals surface area contributed by atoms with E-state index in [1.807, 2.05) is 19.2 Å². The Hall–Kier alpha value is -3.56. The fourth-order valence-corrected chi connectivity index (χ4v) is 1.68. The van der Waals surface area contributed by atoms with Crippen molar-refractivity contribution in [1.29, 1.82) is 5.26 Å². The molecule has 13 heteroatoms. The van der Waals surface area contributed by atoms with Gasteiger partial charge in [0.05, 0.1) is 32.1 Å². The number of rotatable bonds is 13. The molecule has 0 aromatic rings. The molecule has 3 amide bonds. The molecule has 176 valence electrons. The minimum Gasteiger partial charge on any atom is -0.480 e. The summed E-state index contributed by atoms with van der Waals surface area (Å²) < 4.78 is 9.37. The maximum atomic E-state index is 11.1. The number of amides is 3. The van der Waals surface area contributed by atoms with Gasteiger partial charge in [0, 0.05) is 0 Å². The number of alkyl carbamates (subject to hydrolysis) is 2.